The maximum atomic E-state index is 12.0. The molecule has 120 valence electrons. The van der Waals surface area contributed by atoms with Gasteiger partial charge in [-0.3, -0.25) is 4.79 Å². The molecule has 6 heteroatoms. The molecule has 23 heavy (non-hydrogen) atoms. The Morgan fingerprint density at radius 1 is 1.17 bits per heavy atom. The van der Waals surface area contributed by atoms with Crippen LogP contribution >= 0.6 is 0 Å². The summed E-state index contributed by atoms with van der Waals surface area (Å²) < 4.78 is 10.7. The van der Waals surface area contributed by atoms with E-state index in [2.05, 4.69) is 10.5 Å². The fourth-order valence-electron chi connectivity index (χ4n) is 1.78. The molecule has 0 spiro atoms. The molecular weight excluding hydrogens is 296 g/mol. The lowest BCUT2D eigenvalue weighted by Crippen LogP contribution is -2.33. The minimum absolute atomic E-state index is 0.171. The molecule has 2 rings (SSSR count). The molecule has 1 unspecified atom stereocenters. The Labute approximate surface area is 134 Å². The van der Waals surface area contributed by atoms with Gasteiger partial charge in [-0.05, 0) is 48.9 Å². The molecule has 2 aromatic carbocycles. The van der Waals surface area contributed by atoms with Crippen molar-refractivity contribution >= 4 is 12.1 Å². The molecule has 2 aromatic rings. The maximum Gasteiger partial charge on any atom is 0.280 e. The molecule has 0 bridgehead atoms. The highest BCUT2D eigenvalue weighted by Crippen LogP contribution is 2.26. The normalized spacial score (nSPS) is 11.9. The van der Waals surface area contributed by atoms with Crippen LogP contribution in [0.2, 0.25) is 0 Å². The Kier molecular flexibility index (Phi) is 5.57. The van der Waals surface area contributed by atoms with Crippen LogP contribution in [0.1, 0.15) is 12.5 Å². The molecule has 0 aliphatic carbocycles. The zero-order chi connectivity index (χ0) is 16.7. The molecule has 1 atom stereocenters. The monoisotopic (exact) mass is 314 g/mol. The van der Waals surface area contributed by atoms with Gasteiger partial charge in [-0.1, -0.05) is 12.1 Å². The number of phenolic OH excluding ortho intramolecular Hbond substituents is 1. The highest BCUT2D eigenvalue weighted by molar-refractivity contribution is 5.84. The van der Waals surface area contributed by atoms with Gasteiger partial charge in [0, 0.05) is 0 Å². The smallest absolute Gasteiger partial charge is 0.280 e. The third-order valence-corrected chi connectivity index (χ3v) is 3.02. The lowest BCUT2D eigenvalue weighted by atomic mass is 10.2. The van der Waals surface area contributed by atoms with E-state index in [9.17, 15) is 9.90 Å². The van der Waals surface area contributed by atoms with Gasteiger partial charge in [-0.2, -0.15) is 5.10 Å². The number of carbonyl (C=O) groups excluding carboxylic acids is 1. The average Bonchev–Trinajstić information content (AvgIpc) is 2.57. The van der Waals surface area contributed by atoms with Crippen LogP contribution in [0.15, 0.2) is 53.6 Å². The number of nitrogens with zero attached hydrogens (tertiary/aromatic N) is 1. The van der Waals surface area contributed by atoms with Crippen LogP contribution in [0.4, 0.5) is 0 Å². The van der Waals surface area contributed by atoms with E-state index in [-0.39, 0.29) is 11.7 Å². The highest BCUT2D eigenvalue weighted by Gasteiger charge is 2.15. The Morgan fingerprint density at radius 3 is 2.48 bits per heavy atom. The van der Waals surface area contributed by atoms with Crippen molar-refractivity contribution in [2.45, 2.75) is 13.0 Å². The van der Waals surface area contributed by atoms with Crippen molar-refractivity contribution in [3.8, 4) is 17.2 Å². The number of rotatable bonds is 6. The summed E-state index contributed by atoms with van der Waals surface area (Å²) in [7, 11) is 1.54. The number of phenols is 1. The number of methoxy groups -OCH3 is 1. The van der Waals surface area contributed by atoms with E-state index < -0.39 is 6.10 Å². The van der Waals surface area contributed by atoms with Crippen molar-refractivity contribution in [1.82, 2.24) is 5.43 Å². The van der Waals surface area contributed by atoms with Gasteiger partial charge in [0.05, 0.1) is 13.3 Å². The second-order valence-electron chi connectivity index (χ2n) is 4.74. The van der Waals surface area contributed by atoms with Gasteiger partial charge in [0.25, 0.3) is 5.91 Å². The van der Waals surface area contributed by atoms with Gasteiger partial charge in [0.15, 0.2) is 17.6 Å². The first-order valence-electron chi connectivity index (χ1n) is 7.02. The number of hydrogen-bond acceptors (Lipinski definition) is 5. The Hall–Kier alpha value is -3.02. The maximum absolute atomic E-state index is 12.0. The standard InChI is InChI=1S/C17H18N2O4/c1-12(23-16-6-4-3-5-15(16)22-2)17(21)19-18-11-13-7-9-14(20)10-8-13/h3-12,20H,1-2H3,(H,19,21)/b18-11+. The van der Waals surface area contributed by atoms with Gasteiger partial charge >= 0.3 is 0 Å². The molecule has 2 N–H and O–H groups in total. The van der Waals surface area contributed by atoms with Crippen molar-refractivity contribution in [3.05, 3.63) is 54.1 Å². The molecule has 0 aliphatic rings. The van der Waals surface area contributed by atoms with Crippen LogP contribution in [0.25, 0.3) is 0 Å². The number of benzene rings is 2. The van der Waals surface area contributed by atoms with E-state index in [0.29, 0.717) is 11.5 Å². The topological polar surface area (TPSA) is 80.2 Å². The first-order valence-corrected chi connectivity index (χ1v) is 7.02. The summed E-state index contributed by atoms with van der Waals surface area (Å²) in [5.74, 6) is 0.829. The molecule has 0 fully saturated rings. The number of nitrogens with one attached hydrogen (secondary N) is 1. The largest absolute Gasteiger partial charge is 0.508 e. The molecule has 6 nitrogen and oxygen atoms in total. The van der Waals surface area contributed by atoms with E-state index in [1.165, 1.54) is 25.5 Å². The Balaban J connectivity index is 1.91. The minimum atomic E-state index is -0.733. The van der Waals surface area contributed by atoms with Crippen LogP contribution in [0.3, 0.4) is 0 Å². The van der Waals surface area contributed by atoms with Crippen molar-refractivity contribution in [2.24, 2.45) is 5.10 Å². The molecular formula is C17H18N2O4. The van der Waals surface area contributed by atoms with Crippen LogP contribution in [0.5, 0.6) is 17.2 Å². The van der Waals surface area contributed by atoms with Crippen molar-refractivity contribution in [3.63, 3.8) is 0 Å². The molecule has 0 aromatic heterocycles. The SMILES string of the molecule is COc1ccccc1OC(C)C(=O)N/N=C/c1ccc(O)cc1. The molecule has 0 radical (unpaired) electrons. The Morgan fingerprint density at radius 2 is 1.83 bits per heavy atom. The number of hydrogen-bond donors (Lipinski definition) is 2. The zero-order valence-corrected chi connectivity index (χ0v) is 12.9. The fraction of sp³-hybridized carbons (Fsp3) is 0.176. The van der Waals surface area contributed by atoms with E-state index in [1.807, 2.05) is 6.07 Å². The minimum Gasteiger partial charge on any atom is -0.508 e. The Bertz CT molecular complexity index is 683. The predicted octanol–water partition coefficient (Wildman–Crippen LogP) is 2.32. The predicted molar refractivity (Wildman–Crippen MR) is 86.9 cm³/mol. The van der Waals surface area contributed by atoms with Gasteiger partial charge in [-0.15, -0.1) is 0 Å². The van der Waals surface area contributed by atoms with E-state index in [0.717, 1.165) is 5.56 Å². The second-order valence-corrected chi connectivity index (χ2v) is 4.74. The van der Waals surface area contributed by atoms with Crippen LogP contribution in [0, 0.1) is 0 Å². The molecule has 0 heterocycles. The van der Waals surface area contributed by atoms with E-state index >= 15 is 0 Å². The second kappa shape index (κ2) is 7.84. The first kappa shape index (κ1) is 16.4. The van der Waals surface area contributed by atoms with Gasteiger partial charge < -0.3 is 14.6 Å². The van der Waals surface area contributed by atoms with Crippen LogP contribution in [-0.4, -0.2) is 30.4 Å². The van der Waals surface area contributed by atoms with Gasteiger partial charge in [-0.25, -0.2) is 5.43 Å². The molecule has 1 amide bonds. The van der Waals surface area contributed by atoms with Crippen molar-refractivity contribution in [2.75, 3.05) is 7.11 Å². The molecule has 0 saturated heterocycles. The van der Waals surface area contributed by atoms with Crippen LogP contribution < -0.4 is 14.9 Å². The van der Waals surface area contributed by atoms with Crippen LogP contribution in [-0.2, 0) is 4.79 Å². The van der Waals surface area contributed by atoms with Gasteiger partial charge in [0.1, 0.15) is 5.75 Å². The average molecular weight is 314 g/mol. The molecule has 0 saturated carbocycles. The number of carbonyl (C=O) groups is 1. The number of aromatic hydroxyl groups is 1. The van der Waals surface area contributed by atoms with Crippen molar-refractivity contribution in [1.29, 1.82) is 0 Å². The summed E-state index contributed by atoms with van der Waals surface area (Å²) in [5.41, 5.74) is 3.16. The lowest BCUT2D eigenvalue weighted by Gasteiger charge is -2.15. The third kappa shape index (κ3) is 4.74. The summed E-state index contributed by atoms with van der Waals surface area (Å²) in [6, 6.07) is 13.5. The summed E-state index contributed by atoms with van der Waals surface area (Å²) in [6.45, 7) is 1.62. The lowest BCUT2D eigenvalue weighted by molar-refractivity contribution is -0.127. The quantitative estimate of drug-likeness (QED) is 0.633. The highest BCUT2D eigenvalue weighted by atomic mass is 16.5. The zero-order valence-electron chi connectivity index (χ0n) is 12.9. The van der Waals surface area contributed by atoms with E-state index in [1.54, 1.807) is 37.3 Å². The summed E-state index contributed by atoms with van der Waals surface area (Å²) in [6.07, 6.45) is 0.746. The number of ether oxygens (including phenoxy) is 2. The fourth-order valence-corrected chi connectivity index (χ4v) is 1.78. The number of amides is 1. The summed E-state index contributed by atoms with van der Waals surface area (Å²) in [5, 5.41) is 13.0. The van der Waals surface area contributed by atoms with E-state index in [4.69, 9.17) is 9.47 Å². The first-order chi connectivity index (χ1) is 11.1. The molecule has 0 aliphatic heterocycles. The van der Waals surface area contributed by atoms with Gasteiger partial charge in [0.2, 0.25) is 0 Å². The van der Waals surface area contributed by atoms with Crippen molar-refractivity contribution < 1.29 is 19.4 Å². The third-order valence-electron chi connectivity index (χ3n) is 3.02. The number of para-hydroxylation sites is 2. The summed E-state index contributed by atoms with van der Waals surface area (Å²) in [4.78, 5) is 12.0. The number of hydrazone groups is 1. The summed E-state index contributed by atoms with van der Waals surface area (Å²) >= 11 is 0.